The molecule has 1 saturated carbocycles. The van der Waals surface area contributed by atoms with E-state index in [1.807, 2.05) is 11.9 Å². The summed E-state index contributed by atoms with van der Waals surface area (Å²) in [6, 6.07) is 0. The second-order valence-corrected chi connectivity index (χ2v) is 5.19. The quantitative estimate of drug-likeness (QED) is 0.702. The zero-order chi connectivity index (χ0) is 11.5. The maximum absolute atomic E-state index is 12.4. The summed E-state index contributed by atoms with van der Waals surface area (Å²) in [6.45, 7) is 7.28. The average molecular weight is 211 g/mol. The Labute approximate surface area is 94.0 Å². The lowest BCUT2D eigenvalue weighted by Crippen LogP contribution is -2.46. The van der Waals surface area contributed by atoms with Crippen LogP contribution in [0.15, 0.2) is 0 Å². The van der Waals surface area contributed by atoms with Crippen molar-refractivity contribution in [2.24, 2.45) is 11.3 Å². The van der Waals surface area contributed by atoms with E-state index in [0.29, 0.717) is 11.8 Å². The van der Waals surface area contributed by atoms with Crippen molar-refractivity contribution in [3.63, 3.8) is 0 Å². The monoisotopic (exact) mass is 211 g/mol. The Hall–Kier alpha value is -0.530. The van der Waals surface area contributed by atoms with Crippen LogP contribution in [0.25, 0.3) is 0 Å². The first kappa shape index (κ1) is 12.5. The number of carbonyl (C=O) groups is 1. The molecule has 1 amide bonds. The highest BCUT2D eigenvalue weighted by Crippen LogP contribution is 2.43. The normalized spacial score (nSPS) is 20.3. The van der Waals surface area contributed by atoms with E-state index in [1.54, 1.807) is 0 Å². The second kappa shape index (κ2) is 5.00. The number of amides is 1. The fourth-order valence-corrected chi connectivity index (χ4v) is 2.74. The lowest BCUT2D eigenvalue weighted by molar-refractivity contribution is -0.145. The molecule has 88 valence electrons. The van der Waals surface area contributed by atoms with Crippen LogP contribution in [-0.4, -0.2) is 24.4 Å². The van der Waals surface area contributed by atoms with Crippen LogP contribution in [0.5, 0.6) is 0 Å². The summed E-state index contributed by atoms with van der Waals surface area (Å²) < 4.78 is 0. The second-order valence-electron chi connectivity index (χ2n) is 5.19. The summed E-state index contributed by atoms with van der Waals surface area (Å²) in [5.74, 6) is 0.846. The van der Waals surface area contributed by atoms with E-state index in [9.17, 15) is 4.79 Å². The number of rotatable bonds is 3. The summed E-state index contributed by atoms with van der Waals surface area (Å²) in [6.07, 6.45) is 5.93. The standard InChI is InChI=1S/C13H25NO/c1-5-14(4)12(15)13(11(2)3)9-7-6-8-10-13/h11H,5-10H2,1-4H3. The number of nitrogens with zero attached hydrogens (tertiary/aromatic N) is 1. The summed E-state index contributed by atoms with van der Waals surface area (Å²) >= 11 is 0. The Morgan fingerprint density at radius 2 is 1.80 bits per heavy atom. The molecule has 0 aliphatic heterocycles. The van der Waals surface area contributed by atoms with Crippen molar-refractivity contribution in [2.45, 2.75) is 52.9 Å². The van der Waals surface area contributed by atoms with Crippen LogP contribution < -0.4 is 0 Å². The first-order chi connectivity index (χ1) is 7.04. The van der Waals surface area contributed by atoms with Gasteiger partial charge in [0.2, 0.25) is 5.91 Å². The van der Waals surface area contributed by atoms with Gasteiger partial charge in [0.1, 0.15) is 0 Å². The molecule has 0 aromatic heterocycles. The van der Waals surface area contributed by atoms with Gasteiger partial charge in [0.25, 0.3) is 0 Å². The topological polar surface area (TPSA) is 20.3 Å². The van der Waals surface area contributed by atoms with Gasteiger partial charge in [-0.15, -0.1) is 0 Å². The van der Waals surface area contributed by atoms with Crippen molar-refractivity contribution in [2.75, 3.05) is 13.6 Å². The Kier molecular flexibility index (Phi) is 4.18. The molecule has 1 fully saturated rings. The molecule has 1 aliphatic rings. The van der Waals surface area contributed by atoms with Crippen molar-refractivity contribution in [1.82, 2.24) is 4.90 Å². The molecule has 0 spiro atoms. The van der Waals surface area contributed by atoms with Gasteiger partial charge in [0.05, 0.1) is 5.41 Å². The highest BCUT2D eigenvalue weighted by Gasteiger charge is 2.43. The summed E-state index contributed by atoms with van der Waals surface area (Å²) in [4.78, 5) is 14.3. The summed E-state index contributed by atoms with van der Waals surface area (Å²) in [7, 11) is 1.93. The van der Waals surface area contributed by atoms with E-state index in [4.69, 9.17) is 0 Å². The molecule has 0 N–H and O–H groups in total. The molecule has 0 bridgehead atoms. The average Bonchev–Trinajstić information content (AvgIpc) is 2.27. The predicted molar refractivity (Wildman–Crippen MR) is 63.7 cm³/mol. The first-order valence-corrected chi connectivity index (χ1v) is 6.30. The van der Waals surface area contributed by atoms with Crippen molar-refractivity contribution in [3.05, 3.63) is 0 Å². The van der Waals surface area contributed by atoms with Gasteiger partial charge in [-0.25, -0.2) is 0 Å². The molecule has 2 nitrogen and oxygen atoms in total. The molecular weight excluding hydrogens is 186 g/mol. The summed E-state index contributed by atoms with van der Waals surface area (Å²) in [5, 5.41) is 0. The lowest BCUT2D eigenvalue weighted by atomic mass is 9.66. The number of hydrogen-bond acceptors (Lipinski definition) is 1. The lowest BCUT2D eigenvalue weighted by Gasteiger charge is -2.41. The highest BCUT2D eigenvalue weighted by atomic mass is 16.2. The van der Waals surface area contributed by atoms with Crippen LogP contribution in [0, 0.1) is 11.3 Å². The zero-order valence-electron chi connectivity index (χ0n) is 10.7. The highest BCUT2D eigenvalue weighted by molar-refractivity contribution is 5.82. The minimum Gasteiger partial charge on any atom is -0.346 e. The molecule has 1 aliphatic carbocycles. The molecular formula is C13H25NO. The minimum atomic E-state index is -0.0526. The Morgan fingerprint density at radius 3 is 2.20 bits per heavy atom. The number of hydrogen-bond donors (Lipinski definition) is 0. The fourth-order valence-electron chi connectivity index (χ4n) is 2.74. The molecule has 15 heavy (non-hydrogen) atoms. The smallest absolute Gasteiger partial charge is 0.228 e. The third kappa shape index (κ3) is 2.35. The molecule has 0 aromatic rings. The molecule has 0 unspecified atom stereocenters. The Bertz CT molecular complexity index is 217. The van der Waals surface area contributed by atoms with Gasteiger partial charge in [0.15, 0.2) is 0 Å². The van der Waals surface area contributed by atoms with Gasteiger partial charge in [-0.2, -0.15) is 0 Å². The third-order valence-electron chi connectivity index (χ3n) is 4.10. The van der Waals surface area contributed by atoms with E-state index in [-0.39, 0.29) is 5.41 Å². The first-order valence-electron chi connectivity index (χ1n) is 6.30. The van der Waals surface area contributed by atoms with Crippen LogP contribution in [-0.2, 0) is 4.79 Å². The van der Waals surface area contributed by atoms with Gasteiger partial charge in [0, 0.05) is 13.6 Å². The van der Waals surface area contributed by atoms with E-state index in [0.717, 1.165) is 19.4 Å². The van der Waals surface area contributed by atoms with Gasteiger partial charge < -0.3 is 4.90 Å². The predicted octanol–water partition coefficient (Wildman–Crippen LogP) is 3.07. The molecule has 1 rings (SSSR count). The summed E-state index contributed by atoms with van der Waals surface area (Å²) in [5.41, 5.74) is -0.0526. The van der Waals surface area contributed by atoms with Crippen LogP contribution in [0.3, 0.4) is 0 Å². The Balaban J connectivity index is 2.84. The van der Waals surface area contributed by atoms with Crippen molar-refractivity contribution < 1.29 is 4.79 Å². The number of carbonyl (C=O) groups excluding carboxylic acids is 1. The molecule has 0 heterocycles. The largest absolute Gasteiger partial charge is 0.346 e. The van der Waals surface area contributed by atoms with Crippen molar-refractivity contribution >= 4 is 5.91 Å². The van der Waals surface area contributed by atoms with E-state index < -0.39 is 0 Å². The molecule has 0 atom stereocenters. The van der Waals surface area contributed by atoms with Gasteiger partial charge in [-0.05, 0) is 25.7 Å². The Morgan fingerprint density at radius 1 is 1.27 bits per heavy atom. The molecule has 0 saturated heterocycles. The van der Waals surface area contributed by atoms with Crippen LogP contribution >= 0.6 is 0 Å². The van der Waals surface area contributed by atoms with E-state index >= 15 is 0 Å². The van der Waals surface area contributed by atoms with Crippen molar-refractivity contribution in [1.29, 1.82) is 0 Å². The molecule has 2 heteroatoms. The molecule has 0 aromatic carbocycles. The van der Waals surface area contributed by atoms with E-state index in [1.165, 1.54) is 19.3 Å². The fraction of sp³-hybridized carbons (Fsp3) is 0.923. The SMILES string of the molecule is CCN(C)C(=O)C1(C(C)C)CCCCC1. The van der Waals surface area contributed by atoms with Gasteiger partial charge in [-0.3, -0.25) is 4.79 Å². The van der Waals surface area contributed by atoms with Crippen LogP contribution in [0.2, 0.25) is 0 Å². The minimum absolute atomic E-state index is 0.0526. The van der Waals surface area contributed by atoms with Crippen molar-refractivity contribution in [3.8, 4) is 0 Å². The van der Waals surface area contributed by atoms with Gasteiger partial charge >= 0.3 is 0 Å². The van der Waals surface area contributed by atoms with Gasteiger partial charge in [-0.1, -0.05) is 33.1 Å². The van der Waals surface area contributed by atoms with Crippen LogP contribution in [0.1, 0.15) is 52.9 Å². The van der Waals surface area contributed by atoms with E-state index in [2.05, 4.69) is 20.8 Å². The third-order valence-corrected chi connectivity index (χ3v) is 4.10. The maximum atomic E-state index is 12.4. The molecule has 0 radical (unpaired) electrons. The maximum Gasteiger partial charge on any atom is 0.228 e. The van der Waals surface area contributed by atoms with Crippen LogP contribution in [0.4, 0.5) is 0 Å². The zero-order valence-corrected chi connectivity index (χ0v) is 10.7.